The third kappa shape index (κ3) is 2.14. The van der Waals surface area contributed by atoms with Crippen LogP contribution in [0.1, 0.15) is 39.6 Å². The van der Waals surface area contributed by atoms with Crippen LogP contribution >= 0.6 is 11.3 Å². The summed E-state index contributed by atoms with van der Waals surface area (Å²) in [5, 5.41) is 2.79. The lowest BCUT2D eigenvalue weighted by atomic mass is 10.1. The van der Waals surface area contributed by atoms with E-state index in [0.29, 0.717) is 17.1 Å². The Morgan fingerprint density at radius 3 is 3.00 bits per heavy atom. The van der Waals surface area contributed by atoms with Crippen LogP contribution in [-0.2, 0) is 4.79 Å². The molecule has 4 rings (SSSR count). The lowest BCUT2D eigenvalue weighted by Crippen LogP contribution is -2.04. The van der Waals surface area contributed by atoms with Crippen molar-refractivity contribution in [3.63, 3.8) is 0 Å². The summed E-state index contributed by atoms with van der Waals surface area (Å²) < 4.78 is 0. The maximum Gasteiger partial charge on any atom is 0.257 e. The highest BCUT2D eigenvalue weighted by atomic mass is 32.1. The second kappa shape index (κ2) is 4.43. The minimum atomic E-state index is -0.108. The van der Waals surface area contributed by atoms with Gasteiger partial charge in [-0.25, -0.2) is 4.98 Å². The molecule has 2 aromatic rings. The zero-order valence-corrected chi connectivity index (χ0v) is 12.5. The number of aromatic nitrogens is 1. The minimum absolute atomic E-state index is 0.108. The zero-order valence-electron chi connectivity index (χ0n) is 11.6. The Balaban J connectivity index is 1.79. The number of hydrogen-bond donors (Lipinski definition) is 2. The molecule has 1 saturated carbocycles. The first-order chi connectivity index (χ1) is 10.1. The molecule has 0 saturated heterocycles. The van der Waals surface area contributed by atoms with Crippen molar-refractivity contribution >= 4 is 40.4 Å². The maximum atomic E-state index is 12.2. The van der Waals surface area contributed by atoms with Crippen LogP contribution in [0.25, 0.3) is 11.6 Å². The van der Waals surface area contributed by atoms with Gasteiger partial charge in [0.25, 0.3) is 5.91 Å². The lowest BCUT2D eigenvalue weighted by Gasteiger charge is -1.99. The molecule has 5 heteroatoms. The van der Waals surface area contributed by atoms with Gasteiger partial charge in [-0.05, 0) is 49.5 Å². The van der Waals surface area contributed by atoms with E-state index in [4.69, 9.17) is 5.73 Å². The van der Waals surface area contributed by atoms with Crippen molar-refractivity contribution in [3.05, 3.63) is 39.2 Å². The predicted molar refractivity (Wildman–Crippen MR) is 86.2 cm³/mol. The molecular weight excluding hydrogens is 282 g/mol. The summed E-state index contributed by atoms with van der Waals surface area (Å²) in [6.45, 7) is 2.10. The molecule has 21 heavy (non-hydrogen) atoms. The van der Waals surface area contributed by atoms with Gasteiger partial charge >= 0.3 is 0 Å². The van der Waals surface area contributed by atoms with Crippen LogP contribution in [-0.4, -0.2) is 10.9 Å². The Hall–Kier alpha value is -2.14. The molecule has 0 unspecified atom stereocenters. The van der Waals surface area contributed by atoms with Gasteiger partial charge in [-0.3, -0.25) is 4.79 Å². The number of amides is 1. The van der Waals surface area contributed by atoms with Crippen LogP contribution in [0.4, 0.5) is 11.5 Å². The van der Waals surface area contributed by atoms with Crippen molar-refractivity contribution < 1.29 is 4.79 Å². The molecule has 0 atom stereocenters. The van der Waals surface area contributed by atoms with Gasteiger partial charge in [0.05, 0.1) is 17.5 Å². The van der Waals surface area contributed by atoms with Crippen LogP contribution < -0.4 is 11.1 Å². The molecular formula is C16H15N3OS. The monoisotopic (exact) mass is 297 g/mol. The molecule has 1 fully saturated rings. The molecule has 1 aliphatic carbocycles. The summed E-state index contributed by atoms with van der Waals surface area (Å²) in [6, 6.07) is 4.05. The van der Waals surface area contributed by atoms with Gasteiger partial charge in [0.2, 0.25) is 0 Å². The second-order valence-electron chi connectivity index (χ2n) is 5.65. The quantitative estimate of drug-likeness (QED) is 0.835. The van der Waals surface area contributed by atoms with Gasteiger partial charge in [-0.2, -0.15) is 0 Å². The lowest BCUT2D eigenvalue weighted by molar-refractivity contribution is -0.110. The van der Waals surface area contributed by atoms with E-state index in [-0.39, 0.29) is 5.91 Å². The number of fused-ring (bicyclic) bond motifs is 1. The zero-order chi connectivity index (χ0) is 14.6. The maximum absolute atomic E-state index is 12.2. The van der Waals surface area contributed by atoms with Crippen molar-refractivity contribution in [1.82, 2.24) is 4.98 Å². The first kappa shape index (κ1) is 12.6. The van der Waals surface area contributed by atoms with E-state index in [1.54, 1.807) is 23.6 Å². The summed E-state index contributed by atoms with van der Waals surface area (Å²) in [7, 11) is 0. The molecule has 0 aromatic carbocycles. The number of nitrogens with two attached hydrogens (primary N) is 1. The van der Waals surface area contributed by atoms with E-state index in [1.807, 2.05) is 6.08 Å². The molecule has 2 aliphatic rings. The second-order valence-corrected chi connectivity index (χ2v) is 6.76. The smallest absolute Gasteiger partial charge is 0.257 e. The van der Waals surface area contributed by atoms with Gasteiger partial charge in [0.1, 0.15) is 5.82 Å². The van der Waals surface area contributed by atoms with Crippen LogP contribution in [0.3, 0.4) is 0 Å². The number of nitrogens with zero attached hydrogens (tertiary/aromatic N) is 1. The Morgan fingerprint density at radius 2 is 2.24 bits per heavy atom. The van der Waals surface area contributed by atoms with Crippen molar-refractivity contribution in [3.8, 4) is 0 Å². The van der Waals surface area contributed by atoms with Crippen molar-refractivity contribution in [2.24, 2.45) is 0 Å². The largest absolute Gasteiger partial charge is 0.397 e. The van der Waals surface area contributed by atoms with Gasteiger partial charge in [-0.15, -0.1) is 11.3 Å². The molecule has 1 amide bonds. The van der Waals surface area contributed by atoms with Gasteiger partial charge in [-0.1, -0.05) is 0 Å². The van der Waals surface area contributed by atoms with Crippen molar-refractivity contribution in [2.75, 3.05) is 11.1 Å². The number of hydrogen-bond acceptors (Lipinski definition) is 4. The van der Waals surface area contributed by atoms with Gasteiger partial charge in [0.15, 0.2) is 0 Å². The van der Waals surface area contributed by atoms with Gasteiger partial charge < -0.3 is 11.1 Å². The standard InChI is InChI=1S/C16H15N3OS/c1-8-4-14(9-2-3-9)21-13(8)6-12-11-5-10(17)7-18-15(11)19-16(12)20/h4-7,9H,2-3,17H2,1H3,(H,18,19,20). The molecule has 3 heterocycles. The molecule has 2 aromatic heterocycles. The van der Waals surface area contributed by atoms with E-state index in [2.05, 4.69) is 23.3 Å². The van der Waals surface area contributed by atoms with E-state index in [0.717, 1.165) is 16.4 Å². The predicted octanol–water partition coefficient (Wildman–Crippen LogP) is 3.40. The van der Waals surface area contributed by atoms with E-state index in [9.17, 15) is 4.79 Å². The Bertz CT molecular complexity index is 787. The number of thiophene rings is 1. The van der Waals surface area contributed by atoms with Crippen LogP contribution in [0.2, 0.25) is 0 Å². The number of carbonyl (C=O) groups is 1. The Labute approximate surface area is 126 Å². The summed E-state index contributed by atoms with van der Waals surface area (Å²) in [4.78, 5) is 18.9. The number of nitrogens with one attached hydrogen (secondary N) is 1. The van der Waals surface area contributed by atoms with Crippen molar-refractivity contribution in [2.45, 2.75) is 25.7 Å². The minimum Gasteiger partial charge on any atom is -0.397 e. The van der Waals surface area contributed by atoms with Crippen LogP contribution in [0, 0.1) is 6.92 Å². The first-order valence-corrected chi connectivity index (χ1v) is 7.83. The summed E-state index contributed by atoms with van der Waals surface area (Å²) in [6.07, 6.45) is 6.11. The highest BCUT2D eigenvalue weighted by Gasteiger charge is 2.28. The summed E-state index contributed by atoms with van der Waals surface area (Å²) in [5.41, 5.74) is 9.03. The number of anilines is 2. The third-order valence-corrected chi connectivity index (χ3v) is 5.25. The highest BCUT2D eigenvalue weighted by Crippen LogP contribution is 2.45. The molecule has 0 spiro atoms. The molecule has 3 N–H and O–H groups in total. The molecule has 0 radical (unpaired) electrons. The Kier molecular flexibility index (Phi) is 2.65. The molecule has 106 valence electrons. The normalized spacial score (nSPS) is 18.9. The van der Waals surface area contributed by atoms with E-state index in [1.165, 1.54) is 23.3 Å². The fourth-order valence-electron chi connectivity index (χ4n) is 2.59. The SMILES string of the molecule is Cc1cc(C2CC2)sc1C=C1C(=O)Nc2ncc(N)cc21. The molecule has 4 nitrogen and oxygen atoms in total. The molecule has 0 bridgehead atoms. The average Bonchev–Trinajstić information content (AvgIpc) is 3.17. The summed E-state index contributed by atoms with van der Waals surface area (Å²) >= 11 is 1.79. The Morgan fingerprint density at radius 1 is 1.43 bits per heavy atom. The topological polar surface area (TPSA) is 68.0 Å². The number of pyridine rings is 1. The van der Waals surface area contributed by atoms with Crippen LogP contribution in [0.15, 0.2) is 18.3 Å². The fourth-order valence-corrected chi connectivity index (χ4v) is 3.88. The number of nitrogen functional groups attached to an aromatic ring is 1. The fraction of sp³-hybridized carbons (Fsp3) is 0.250. The third-order valence-electron chi connectivity index (χ3n) is 3.91. The highest BCUT2D eigenvalue weighted by molar-refractivity contribution is 7.13. The molecule has 1 aliphatic heterocycles. The van der Waals surface area contributed by atoms with Crippen molar-refractivity contribution in [1.29, 1.82) is 0 Å². The van der Waals surface area contributed by atoms with Gasteiger partial charge in [0, 0.05) is 15.3 Å². The average molecular weight is 297 g/mol. The number of carbonyl (C=O) groups excluding carboxylic acids is 1. The summed E-state index contributed by atoms with van der Waals surface area (Å²) in [5.74, 6) is 1.23. The van der Waals surface area contributed by atoms with Crippen LogP contribution in [0.5, 0.6) is 0 Å². The number of rotatable bonds is 2. The van der Waals surface area contributed by atoms with E-state index >= 15 is 0 Å². The first-order valence-electron chi connectivity index (χ1n) is 7.01. The number of aryl methyl sites for hydroxylation is 1. The van der Waals surface area contributed by atoms with E-state index < -0.39 is 0 Å².